The van der Waals surface area contributed by atoms with Crippen LogP contribution in [0.3, 0.4) is 0 Å². The predicted molar refractivity (Wildman–Crippen MR) is 124 cm³/mol. The van der Waals surface area contributed by atoms with Gasteiger partial charge in [-0.15, -0.1) is 0 Å². The number of pyridine rings is 1. The lowest BCUT2D eigenvalue weighted by atomic mass is 9.74. The fourth-order valence-electron chi connectivity index (χ4n) is 5.28. The van der Waals surface area contributed by atoms with E-state index in [9.17, 15) is 4.39 Å². The summed E-state index contributed by atoms with van der Waals surface area (Å²) in [5, 5.41) is 8.63. The average molecular weight is 434 g/mol. The number of rotatable bonds is 5. The number of halogens is 1. The van der Waals surface area contributed by atoms with Gasteiger partial charge in [0.2, 0.25) is 0 Å². The Bertz CT molecular complexity index is 1050. The van der Waals surface area contributed by atoms with Gasteiger partial charge in [0.1, 0.15) is 5.82 Å². The fourth-order valence-corrected chi connectivity index (χ4v) is 5.28. The minimum Gasteiger partial charge on any atom is -0.307 e. The maximum atomic E-state index is 13.8. The molecule has 1 fully saturated rings. The molecule has 168 valence electrons. The number of nitrogens with one attached hydrogen (secondary N) is 1. The minimum atomic E-state index is -0.228. The van der Waals surface area contributed by atoms with Crippen molar-refractivity contribution in [1.29, 1.82) is 0 Å². The second-order valence-electron chi connectivity index (χ2n) is 10.1. The molecule has 2 aliphatic rings. The molecule has 32 heavy (non-hydrogen) atoms. The molecule has 3 heterocycles. The molecule has 5 rings (SSSR count). The molecule has 1 atom stereocenters. The number of hydrogen-bond acceptors (Lipinski definition) is 4. The van der Waals surface area contributed by atoms with Crippen LogP contribution in [0.4, 0.5) is 4.39 Å². The number of aromatic nitrogens is 3. The van der Waals surface area contributed by atoms with Gasteiger partial charge < -0.3 is 5.32 Å². The highest BCUT2D eigenvalue weighted by Crippen LogP contribution is 2.42. The SMILES string of the molecule is CC1(C)Cc2c(cnn2-c2cccc(F)c2)[C@H](NC2CCN(Cc3ccccn3)CC2)C1. The summed E-state index contributed by atoms with van der Waals surface area (Å²) in [6, 6.07) is 13.6. The first kappa shape index (κ1) is 21.3. The molecule has 1 aromatic carbocycles. The van der Waals surface area contributed by atoms with Crippen molar-refractivity contribution in [3.8, 4) is 5.69 Å². The fraction of sp³-hybridized carbons (Fsp3) is 0.462. The zero-order chi connectivity index (χ0) is 22.1. The van der Waals surface area contributed by atoms with E-state index >= 15 is 0 Å². The molecule has 0 bridgehead atoms. The monoisotopic (exact) mass is 433 g/mol. The highest BCUT2D eigenvalue weighted by Gasteiger charge is 2.36. The van der Waals surface area contributed by atoms with Crippen LogP contribution in [0.15, 0.2) is 54.9 Å². The molecular weight excluding hydrogens is 401 g/mol. The van der Waals surface area contributed by atoms with Crippen LogP contribution in [0.5, 0.6) is 0 Å². The lowest BCUT2D eigenvalue weighted by molar-refractivity contribution is 0.167. The highest BCUT2D eigenvalue weighted by atomic mass is 19.1. The van der Waals surface area contributed by atoms with Crippen LogP contribution in [0.2, 0.25) is 0 Å². The quantitative estimate of drug-likeness (QED) is 0.635. The summed E-state index contributed by atoms with van der Waals surface area (Å²) in [6.45, 7) is 7.74. The standard InChI is InChI=1S/C26H32FN5/c1-26(2)15-24(23-17-29-32(25(23)16-26)22-8-5-6-19(27)14-22)30-20-9-12-31(13-10-20)18-21-7-3-4-11-28-21/h3-8,11,14,17,20,24,30H,9-10,12-13,15-16,18H2,1-2H3/t24-/m1/s1. The van der Waals surface area contributed by atoms with E-state index in [1.165, 1.54) is 17.3 Å². The molecule has 1 aliphatic carbocycles. The van der Waals surface area contributed by atoms with Crippen molar-refractivity contribution in [2.24, 2.45) is 5.41 Å². The van der Waals surface area contributed by atoms with Crippen molar-refractivity contribution in [3.05, 3.63) is 77.6 Å². The van der Waals surface area contributed by atoms with Crippen LogP contribution in [0, 0.1) is 11.2 Å². The molecular formula is C26H32FN5. The molecule has 0 spiro atoms. The molecule has 0 amide bonds. The van der Waals surface area contributed by atoms with Gasteiger partial charge in [0, 0.05) is 49.2 Å². The molecule has 0 saturated carbocycles. The predicted octanol–water partition coefficient (Wildman–Crippen LogP) is 4.67. The van der Waals surface area contributed by atoms with Crippen LogP contribution in [-0.2, 0) is 13.0 Å². The van der Waals surface area contributed by atoms with Gasteiger partial charge in [-0.25, -0.2) is 9.07 Å². The first-order valence-electron chi connectivity index (χ1n) is 11.7. The van der Waals surface area contributed by atoms with Crippen LogP contribution < -0.4 is 5.32 Å². The number of likely N-dealkylation sites (tertiary alicyclic amines) is 1. The Kier molecular flexibility index (Phi) is 5.82. The molecule has 1 saturated heterocycles. The first-order chi connectivity index (χ1) is 15.5. The van der Waals surface area contributed by atoms with Gasteiger partial charge in [-0.05, 0) is 61.4 Å². The Morgan fingerprint density at radius 2 is 1.97 bits per heavy atom. The van der Waals surface area contributed by atoms with Gasteiger partial charge in [0.25, 0.3) is 0 Å². The van der Waals surface area contributed by atoms with Gasteiger partial charge in [-0.3, -0.25) is 9.88 Å². The molecule has 3 aromatic rings. The molecule has 6 heteroatoms. The maximum absolute atomic E-state index is 13.8. The zero-order valence-electron chi connectivity index (χ0n) is 19.0. The smallest absolute Gasteiger partial charge is 0.125 e. The second kappa shape index (κ2) is 8.75. The van der Waals surface area contributed by atoms with E-state index in [1.807, 2.05) is 29.2 Å². The van der Waals surface area contributed by atoms with E-state index < -0.39 is 0 Å². The zero-order valence-corrected chi connectivity index (χ0v) is 19.0. The van der Waals surface area contributed by atoms with E-state index in [2.05, 4.69) is 46.3 Å². The largest absolute Gasteiger partial charge is 0.307 e. The normalized spacial score (nSPS) is 21.4. The number of nitrogens with zero attached hydrogens (tertiary/aromatic N) is 4. The number of piperidine rings is 1. The van der Waals surface area contributed by atoms with Crippen molar-refractivity contribution in [2.45, 2.75) is 58.2 Å². The third kappa shape index (κ3) is 4.62. The van der Waals surface area contributed by atoms with Gasteiger partial charge in [-0.2, -0.15) is 5.10 Å². The van der Waals surface area contributed by atoms with Crippen LogP contribution in [0.25, 0.3) is 5.69 Å². The summed E-state index contributed by atoms with van der Waals surface area (Å²) < 4.78 is 15.8. The third-order valence-electron chi connectivity index (χ3n) is 6.87. The maximum Gasteiger partial charge on any atom is 0.125 e. The van der Waals surface area contributed by atoms with Crippen molar-refractivity contribution in [1.82, 2.24) is 25.0 Å². The lowest BCUT2D eigenvalue weighted by Crippen LogP contribution is -2.45. The molecule has 0 radical (unpaired) electrons. The van der Waals surface area contributed by atoms with Gasteiger partial charge in [0.05, 0.1) is 17.6 Å². The van der Waals surface area contributed by atoms with Crippen molar-refractivity contribution >= 4 is 0 Å². The molecule has 0 unspecified atom stereocenters. The highest BCUT2D eigenvalue weighted by molar-refractivity contribution is 5.38. The second-order valence-corrected chi connectivity index (χ2v) is 10.1. The number of fused-ring (bicyclic) bond motifs is 1. The van der Waals surface area contributed by atoms with Gasteiger partial charge in [-0.1, -0.05) is 26.0 Å². The topological polar surface area (TPSA) is 46.0 Å². The van der Waals surface area contributed by atoms with Crippen LogP contribution in [0.1, 0.15) is 56.1 Å². The Morgan fingerprint density at radius 3 is 2.72 bits per heavy atom. The van der Waals surface area contributed by atoms with Crippen molar-refractivity contribution in [3.63, 3.8) is 0 Å². The lowest BCUT2D eigenvalue weighted by Gasteiger charge is -2.40. The summed E-state index contributed by atoms with van der Waals surface area (Å²) in [4.78, 5) is 6.97. The van der Waals surface area contributed by atoms with E-state index in [4.69, 9.17) is 0 Å². The third-order valence-corrected chi connectivity index (χ3v) is 6.87. The minimum absolute atomic E-state index is 0.162. The van der Waals surface area contributed by atoms with E-state index in [1.54, 1.807) is 12.1 Å². The first-order valence-corrected chi connectivity index (χ1v) is 11.7. The van der Waals surface area contributed by atoms with E-state index in [0.717, 1.165) is 56.7 Å². The molecule has 1 aliphatic heterocycles. The Hall–Kier alpha value is -2.57. The summed E-state index contributed by atoms with van der Waals surface area (Å²) in [6.07, 6.45) is 8.16. The average Bonchev–Trinajstić information content (AvgIpc) is 3.19. The molecule has 5 nitrogen and oxygen atoms in total. The van der Waals surface area contributed by atoms with Crippen LogP contribution in [-0.4, -0.2) is 38.8 Å². The Labute approximate surface area is 189 Å². The molecule has 1 N–H and O–H groups in total. The van der Waals surface area contributed by atoms with Crippen molar-refractivity contribution < 1.29 is 4.39 Å². The number of benzene rings is 1. The van der Waals surface area contributed by atoms with Crippen molar-refractivity contribution in [2.75, 3.05) is 13.1 Å². The summed E-state index contributed by atoms with van der Waals surface area (Å²) in [5.74, 6) is -0.228. The summed E-state index contributed by atoms with van der Waals surface area (Å²) in [7, 11) is 0. The summed E-state index contributed by atoms with van der Waals surface area (Å²) in [5.41, 5.74) is 4.57. The van der Waals surface area contributed by atoms with E-state index in [0.29, 0.717) is 6.04 Å². The number of hydrogen-bond donors (Lipinski definition) is 1. The van der Waals surface area contributed by atoms with Gasteiger partial charge in [0.15, 0.2) is 0 Å². The summed E-state index contributed by atoms with van der Waals surface area (Å²) >= 11 is 0. The Morgan fingerprint density at radius 1 is 1.12 bits per heavy atom. The molecule has 2 aromatic heterocycles. The van der Waals surface area contributed by atoms with Crippen LogP contribution >= 0.6 is 0 Å². The van der Waals surface area contributed by atoms with E-state index in [-0.39, 0.29) is 17.3 Å². The Balaban J connectivity index is 1.28. The van der Waals surface area contributed by atoms with Gasteiger partial charge >= 0.3 is 0 Å².